The smallest absolute Gasteiger partial charge is 0.241 e. The zero-order valence-corrected chi connectivity index (χ0v) is 13.2. The third-order valence-corrected chi connectivity index (χ3v) is 5.00. The van der Waals surface area contributed by atoms with Crippen molar-refractivity contribution in [3.63, 3.8) is 0 Å². The van der Waals surface area contributed by atoms with Gasteiger partial charge in [-0.2, -0.15) is 0 Å². The van der Waals surface area contributed by atoms with Crippen LogP contribution in [-0.2, 0) is 16.6 Å². The minimum atomic E-state index is -3.59. The van der Waals surface area contributed by atoms with E-state index in [1.165, 1.54) is 0 Å². The number of aromatic amines is 1. The number of H-pyrrole nitrogens is 1. The van der Waals surface area contributed by atoms with Crippen LogP contribution in [-0.4, -0.2) is 25.4 Å². The molecule has 0 amide bonds. The molecule has 0 aliphatic rings. The zero-order valence-electron chi connectivity index (χ0n) is 12.3. The van der Waals surface area contributed by atoms with Gasteiger partial charge in [-0.1, -0.05) is 12.1 Å². The molecule has 0 fully saturated rings. The summed E-state index contributed by atoms with van der Waals surface area (Å²) < 4.78 is 27.7. The van der Waals surface area contributed by atoms with E-state index in [4.69, 9.17) is 0 Å². The Morgan fingerprint density at radius 2 is 2.14 bits per heavy atom. The molecule has 0 radical (unpaired) electrons. The molecule has 1 aromatic heterocycles. The lowest BCUT2D eigenvalue weighted by Crippen LogP contribution is -2.28. The topological polar surface area (TPSA) is 86.9 Å². The summed E-state index contributed by atoms with van der Waals surface area (Å²) in [4.78, 5) is 7.28. The summed E-state index contributed by atoms with van der Waals surface area (Å²) in [5.74, 6) is 0.586. The van der Waals surface area contributed by atoms with Gasteiger partial charge in [0.2, 0.25) is 10.0 Å². The van der Waals surface area contributed by atoms with Crippen molar-refractivity contribution in [2.24, 2.45) is 0 Å². The molecule has 0 bridgehead atoms. The highest BCUT2D eigenvalue weighted by Gasteiger charge is 2.22. The number of benzene rings is 1. The van der Waals surface area contributed by atoms with E-state index in [0.29, 0.717) is 17.3 Å². The van der Waals surface area contributed by atoms with Crippen LogP contribution >= 0.6 is 0 Å². The van der Waals surface area contributed by atoms with Crippen LogP contribution < -0.4 is 10.0 Å². The first-order valence-electron chi connectivity index (χ1n) is 6.70. The Kier molecular flexibility index (Phi) is 4.76. The third-order valence-electron chi connectivity index (χ3n) is 3.31. The van der Waals surface area contributed by atoms with Gasteiger partial charge in [-0.25, -0.2) is 18.1 Å². The summed E-state index contributed by atoms with van der Waals surface area (Å²) in [7, 11) is -1.76. The van der Waals surface area contributed by atoms with Crippen LogP contribution in [0.4, 0.5) is 0 Å². The van der Waals surface area contributed by atoms with Gasteiger partial charge in [0.25, 0.3) is 0 Å². The quantitative estimate of drug-likeness (QED) is 0.754. The highest BCUT2D eigenvalue weighted by molar-refractivity contribution is 7.89. The van der Waals surface area contributed by atoms with Crippen molar-refractivity contribution in [2.45, 2.75) is 31.3 Å². The molecule has 21 heavy (non-hydrogen) atoms. The van der Waals surface area contributed by atoms with Crippen molar-refractivity contribution in [3.8, 4) is 0 Å². The van der Waals surface area contributed by atoms with Crippen LogP contribution in [0.5, 0.6) is 0 Å². The molecule has 7 heteroatoms. The number of nitrogens with one attached hydrogen (secondary N) is 3. The van der Waals surface area contributed by atoms with Gasteiger partial charge < -0.3 is 10.3 Å². The second kappa shape index (κ2) is 6.38. The largest absolute Gasteiger partial charge is 0.347 e. The van der Waals surface area contributed by atoms with E-state index in [9.17, 15) is 8.42 Å². The molecule has 1 atom stereocenters. The van der Waals surface area contributed by atoms with E-state index in [1.54, 1.807) is 31.5 Å². The van der Waals surface area contributed by atoms with E-state index in [1.807, 2.05) is 20.0 Å². The lowest BCUT2D eigenvalue weighted by Gasteiger charge is -2.15. The van der Waals surface area contributed by atoms with Crippen molar-refractivity contribution in [1.82, 2.24) is 20.0 Å². The maximum absolute atomic E-state index is 12.5. The summed E-state index contributed by atoms with van der Waals surface area (Å²) >= 11 is 0. The van der Waals surface area contributed by atoms with Crippen molar-refractivity contribution < 1.29 is 8.42 Å². The number of imidazole rings is 1. The Morgan fingerprint density at radius 1 is 1.38 bits per heavy atom. The lowest BCUT2D eigenvalue weighted by atomic mass is 10.1. The molecule has 1 unspecified atom stereocenters. The Balaban J connectivity index is 2.29. The van der Waals surface area contributed by atoms with Crippen LogP contribution in [0, 0.1) is 6.92 Å². The zero-order chi connectivity index (χ0) is 15.5. The molecule has 1 heterocycles. The Morgan fingerprint density at radius 3 is 2.76 bits per heavy atom. The molecule has 0 aliphatic carbocycles. The number of aromatic nitrogens is 2. The van der Waals surface area contributed by atoms with Crippen molar-refractivity contribution in [3.05, 3.63) is 47.5 Å². The summed E-state index contributed by atoms with van der Waals surface area (Å²) in [5, 5.41) is 3.04. The first kappa shape index (κ1) is 15.7. The van der Waals surface area contributed by atoms with Crippen LogP contribution in [0.15, 0.2) is 35.5 Å². The second-order valence-electron chi connectivity index (χ2n) is 4.89. The third kappa shape index (κ3) is 3.49. The van der Waals surface area contributed by atoms with Gasteiger partial charge in [-0.05, 0) is 38.1 Å². The number of hydrogen-bond acceptors (Lipinski definition) is 4. The Labute approximate surface area is 125 Å². The predicted molar refractivity (Wildman–Crippen MR) is 81.3 cm³/mol. The fourth-order valence-electron chi connectivity index (χ4n) is 2.20. The Bertz CT molecular complexity index is 696. The van der Waals surface area contributed by atoms with Gasteiger partial charge in [-0.3, -0.25) is 0 Å². The molecule has 2 aromatic rings. The highest BCUT2D eigenvalue weighted by atomic mass is 32.2. The molecular weight excluding hydrogens is 288 g/mol. The fourth-order valence-corrected chi connectivity index (χ4v) is 3.70. The van der Waals surface area contributed by atoms with E-state index < -0.39 is 16.1 Å². The van der Waals surface area contributed by atoms with Crippen LogP contribution in [0.1, 0.15) is 29.9 Å². The van der Waals surface area contributed by atoms with Crippen molar-refractivity contribution in [2.75, 3.05) is 7.05 Å². The number of sulfonamides is 1. The first-order valence-corrected chi connectivity index (χ1v) is 8.18. The van der Waals surface area contributed by atoms with E-state index in [2.05, 4.69) is 20.0 Å². The maximum Gasteiger partial charge on any atom is 0.241 e. The lowest BCUT2D eigenvalue weighted by molar-refractivity contribution is 0.560. The number of hydrogen-bond donors (Lipinski definition) is 3. The normalized spacial score (nSPS) is 13.3. The molecule has 0 saturated heterocycles. The molecule has 1 aromatic carbocycles. The van der Waals surface area contributed by atoms with Crippen molar-refractivity contribution >= 4 is 10.0 Å². The van der Waals surface area contributed by atoms with Crippen LogP contribution in [0.25, 0.3) is 0 Å². The standard InChI is InChI=1S/C14H20N4O2S/c1-10-12(9-15-3)5-4-6-13(10)21(19,20)18-11(2)14-16-7-8-17-14/h4-8,11,15,18H,9H2,1-3H3,(H,16,17). The van der Waals surface area contributed by atoms with Gasteiger partial charge >= 0.3 is 0 Å². The SMILES string of the molecule is CNCc1cccc(S(=O)(=O)NC(C)c2ncc[nH]2)c1C. The Hall–Kier alpha value is -1.70. The van der Waals surface area contributed by atoms with Gasteiger partial charge in [0.1, 0.15) is 5.82 Å². The van der Waals surface area contributed by atoms with Gasteiger partial charge in [0.05, 0.1) is 10.9 Å². The van der Waals surface area contributed by atoms with E-state index in [-0.39, 0.29) is 0 Å². The monoisotopic (exact) mass is 308 g/mol. The van der Waals surface area contributed by atoms with E-state index >= 15 is 0 Å². The molecule has 0 aliphatic heterocycles. The predicted octanol–water partition coefficient (Wildman–Crippen LogP) is 1.48. The van der Waals surface area contributed by atoms with Gasteiger partial charge in [0, 0.05) is 18.9 Å². The molecule has 2 rings (SSSR count). The van der Waals surface area contributed by atoms with Crippen LogP contribution in [0.2, 0.25) is 0 Å². The minimum absolute atomic E-state index is 0.300. The molecule has 0 saturated carbocycles. The minimum Gasteiger partial charge on any atom is -0.347 e. The average molecular weight is 308 g/mol. The van der Waals surface area contributed by atoms with Crippen LogP contribution in [0.3, 0.4) is 0 Å². The summed E-state index contributed by atoms with van der Waals surface area (Å²) in [6.07, 6.45) is 3.26. The maximum atomic E-state index is 12.5. The highest BCUT2D eigenvalue weighted by Crippen LogP contribution is 2.20. The summed E-state index contributed by atoms with van der Waals surface area (Å²) in [6, 6.07) is 4.87. The van der Waals surface area contributed by atoms with Crippen molar-refractivity contribution in [1.29, 1.82) is 0 Å². The van der Waals surface area contributed by atoms with Gasteiger partial charge in [0.15, 0.2) is 0 Å². The molecular formula is C14H20N4O2S. The molecule has 114 valence electrons. The fraction of sp³-hybridized carbons (Fsp3) is 0.357. The molecule has 3 N–H and O–H groups in total. The second-order valence-corrected chi connectivity index (χ2v) is 6.57. The number of rotatable bonds is 6. The van der Waals surface area contributed by atoms with E-state index in [0.717, 1.165) is 11.1 Å². The number of nitrogens with zero attached hydrogens (tertiary/aromatic N) is 1. The first-order chi connectivity index (χ1) is 9.95. The molecule has 0 spiro atoms. The average Bonchev–Trinajstić information content (AvgIpc) is 2.94. The summed E-state index contributed by atoms with van der Waals surface area (Å²) in [5.41, 5.74) is 1.72. The molecule has 6 nitrogen and oxygen atoms in total. The summed E-state index contributed by atoms with van der Waals surface area (Å²) in [6.45, 7) is 4.20. The van der Waals surface area contributed by atoms with Gasteiger partial charge in [-0.15, -0.1) is 0 Å².